The number of imide groups is 1. The molecule has 0 aromatic carbocycles. The molecule has 0 radical (unpaired) electrons. The highest BCUT2D eigenvalue weighted by Crippen LogP contribution is 2.28. The quantitative estimate of drug-likeness (QED) is 0.696. The van der Waals surface area contributed by atoms with Crippen molar-refractivity contribution in [2.75, 3.05) is 24.7 Å². The van der Waals surface area contributed by atoms with Crippen molar-refractivity contribution < 1.29 is 27.5 Å². The van der Waals surface area contributed by atoms with Crippen LogP contribution in [0.5, 0.6) is 0 Å². The van der Waals surface area contributed by atoms with Crippen molar-refractivity contribution in [2.45, 2.75) is 19.9 Å². The van der Waals surface area contributed by atoms with Gasteiger partial charge in [0.15, 0.2) is 5.01 Å². The SMILES string of the molecule is CCOC(=O)NC(=O)c1ccsc1NC(=O)c1nc2c(s1)CCN(S(C)(=O)=O)C2. The Bertz CT molecular complexity index is 1060. The largest absolute Gasteiger partial charge is 0.450 e. The second kappa shape index (κ2) is 8.57. The molecule has 13 heteroatoms. The number of thiophene rings is 1. The van der Waals surface area contributed by atoms with E-state index in [0.29, 0.717) is 18.7 Å². The van der Waals surface area contributed by atoms with Gasteiger partial charge in [0.25, 0.3) is 11.8 Å². The highest BCUT2D eigenvalue weighted by atomic mass is 32.2. The normalized spacial score (nSPS) is 14.1. The predicted molar refractivity (Wildman–Crippen MR) is 108 cm³/mol. The Labute approximate surface area is 174 Å². The van der Waals surface area contributed by atoms with Crippen LogP contribution in [-0.4, -0.2) is 55.0 Å². The molecule has 156 valence electrons. The Balaban J connectivity index is 1.71. The van der Waals surface area contributed by atoms with Crippen molar-refractivity contribution in [1.29, 1.82) is 0 Å². The number of fused-ring (bicyclic) bond motifs is 1. The van der Waals surface area contributed by atoms with Gasteiger partial charge in [0.2, 0.25) is 10.0 Å². The predicted octanol–water partition coefficient (Wildman–Crippen LogP) is 1.66. The van der Waals surface area contributed by atoms with Gasteiger partial charge in [-0.1, -0.05) is 0 Å². The molecule has 2 N–H and O–H groups in total. The number of nitrogens with zero attached hydrogens (tertiary/aromatic N) is 2. The number of hydrogen-bond donors (Lipinski definition) is 2. The summed E-state index contributed by atoms with van der Waals surface area (Å²) in [7, 11) is -3.33. The van der Waals surface area contributed by atoms with Crippen LogP contribution in [0.3, 0.4) is 0 Å². The molecule has 2 aromatic heterocycles. The topological polar surface area (TPSA) is 135 Å². The van der Waals surface area contributed by atoms with Crippen molar-refractivity contribution in [2.24, 2.45) is 0 Å². The lowest BCUT2D eigenvalue weighted by Crippen LogP contribution is -2.34. The second-order valence-corrected chi connectivity index (χ2v) is 10.0. The number of nitrogens with one attached hydrogen (secondary N) is 2. The van der Waals surface area contributed by atoms with E-state index in [1.165, 1.54) is 21.7 Å². The number of aromatic nitrogens is 1. The molecule has 0 bridgehead atoms. The lowest BCUT2D eigenvalue weighted by atomic mass is 10.2. The van der Waals surface area contributed by atoms with Crippen LogP contribution >= 0.6 is 22.7 Å². The number of anilines is 1. The van der Waals surface area contributed by atoms with Crippen molar-refractivity contribution in [3.8, 4) is 0 Å². The molecule has 1 aliphatic heterocycles. The van der Waals surface area contributed by atoms with Crippen LogP contribution in [0.2, 0.25) is 0 Å². The molecule has 3 heterocycles. The minimum absolute atomic E-state index is 0.123. The molecule has 0 fully saturated rings. The third kappa shape index (κ3) is 4.98. The first-order chi connectivity index (χ1) is 13.7. The van der Waals surface area contributed by atoms with E-state index in [1.807, 2.05) is 0 Å². The van der Waals surface area contributed by atoms with Crippen LogP contribution in [0.15, 0.2) is 11.4 Å². The average molecular weight is 459 g/mol. The molecule has 0 saturated heterocycles. The molecule has 1 aliphatic rings. The number of amides is 3. The minimum Gasteiger partial charge on any atom is -0.450 e. The van der Waals surface area contributed by atoms with Gasteiger partial charge in [-0.25, -0.2) is 18.2 Å². The van der Waals surface area contributed by atoms with E-state index in [0.717, 1.165) is 22.5 Å². The van der Waals surface area contributed by atoms with Crippen molar-refractivity contribution in [3.63, 3.8) is 0 Å². The Morgan fingerprint density at radius 1 is 1.31 bits per heavy atom. The zero-order chi connectivity index (χ0) is 21.2. The number of ether oxygens (including phenoxy) is 1. The number of rotatable bonds is 5. The zero-order valence-corrected chi connectivity index (χ0v) is 18.0. The average Bonchev–Trinajstić information content (AvgIpc) is 3.26. The van der Waals surface area contributed by atoms with Gasteiger partial charge >= 0.3 is 6.09 Å². The summed E-state index contributed by atoms with van der Waals surface area (Å²) >= 11 is 2.32. The number of thiazole rings is 1. The molecular formula is C16H18N4O6S3. The van der Waals surface area contributed by atoms with Crippen LogP contribution < -0.4 is 10.6 Å². The number of alkyl carbamates (subject to hydrolysis) is 1. The standard InChI is InChI=1S/C16H18N4O6S3/c1-3-26-16(23)19-12(21)9-5-7-27-14(9)18-13(22)15-17-10-8-20(29(2,24)25)6-4-11(10)28-15/h5,7H,3-4,6,8H2,1-2H3,(H,18,22)(H,19,21,23). The van der Waals surface area contributed by atoms with Crippen molar-refractivity contribution >= 4 is 55.6 Å². The molecule has 29 heavy (non-hydrogen) atoms. The van der Waals surface area contributed by atoms with E-state index in [2.05, 4.69) is 20.4 Å². The van der Waals surface area contributed by atoms with Gasteiger partial charge in [-0.15, -0.1) is 22.7 Å². The second-order valence-electron chi connectivity index (χ2n) is 6.03. The smallest absolute Gasteiger partial charge is 0.414 e. The van der Waals surface area contributed by atoms with E-state index >= 15 is 0 Å². The fraction of sp³-hybridized carbons (Fsp3) is 0.375. The Morgan fingerprint density at radius 3 is 2.76 bits per heavy atom. The maximum absolute atomic E-state index is 12.6. The highest BCUT2D eigenvalue weighted by Gasteiger charge is 2.28. The first-order valence-corrected chi connectivity index (χ1v) is 12.0. The minimum atomic E-state index is -3.33. The Morgan fingerprint density at radius 2 is 2.07 bits per heavy atom. The van der Waals surface area contributed by atoms with Crippen molar-refractivity contribution in [3.05, 3.63) is 32.6 Å². The van der Waals surface area contributed by atoms with E-state index in [4.69, 9.17) is 0 Å². The van der Waals surface area contributed by atoms with Gasteiger partial charge in [0, 0.05) is 11.4 Å². The highest BCUT2D eigenvalue weighted by molar-refractivity contribution is 7.88. The summed E-state index contributed by atoms with van der Waals surface area (Å²) < 4.78 is 29.4. The molecule has 3 amide bonds. The first-order valence-electron chi connectivity index (χ1n) is 8.49. The third-order valence-electron chi connectivity index (χ3n) is 3.98. The molecule has 2 aromatic rings. The van der Waals surface area contributed by atoms with Crippen LogP contribution in [0, 0.1) is 0 Å². The molecule has 0 unspecified atom stereocenters. The Kier molecular flexibility index (Phi) is 6.31. The lowest BCUT2D eigenvalue weighted by molar-refractivity contribution is 0.0926. The molecule has 3 rings (SSSR count). The van der Waals surface area contributed by atoms with Gasteiger partial charge in [-0.2, -0.15) is 4.31 Å². The van der Waals surface area contributed by atoms with Gasteiger partial charge in [0.1, 0.15) is 5.00 Å². The van der Waals surface area contributed by atoms with Crippen LogP contribution in [0.4, 0.5) is 9.80 Å². The molecule has 0 spiro atoms. The molecule has 0 aliphatic carbocycles. The van der Waals surface area contributed by atoms with Gasteiger partial charge in [-0.05, 0) is 24.8 Å². The van der Waals surface area contributed by atoms with E-state index in [9.17, 15) is 22.8 Å². The van der Waals surface area contributed by atoms with E-state index in [-0.39, 0.29) is 28.7 Å². The summed E-state index contributed by atoms with van der Waals surface area (Å²) in [6.07, 6.45) is 0.751. The number of sulfonamides is 1. The van der Waals surface area contributed by atoms with Crippen LogP contribution in [0.25, 0.3) is 0 Å². The molecule has 10 nitrogen and oxygen atoms in total. The van der Waals surface area contributed by atoms with E-state index in [1.54, 1.807) is 12.3 Å². The van der Waals surface area contributed by atoms with Crippen molar-refractivity contribution in [1.82, 2.24) is 14.6 Å². The van der Waals surface area contributed by atoms with E-state index < -0.39 is 27.9 Å². The summed E-state index contributed by atoms with van der Waals surface area (Å²) in [5, 5.41) is 6.75. The molecule has 0 atom stereocenters. The fourth-order valence-corrected chi connectivity index (χ4v) is 5.14. The number of carbonyl (C=O) groups is 3. The maximum atomic E-state index is 12.6. The van der Waals surface area contributed by atoms with Gasteiger partial charge < -0.3 is 10.1 Å². The fourth-order valence-electron chi connectivity index (χ4n) is 2.62. The summed E-state index contributed by atoms with van der Waals surface area (Å²) in [5.41, 5.74) is 0.684. The van der Waals surface area contributed by atoms with Crippen LogP contribution in [0.1, 0.15) is 37.7 Å². The molecular weight excluding hydrogens is 440 g/mol. The summed E-state index contributed by atoms with van der Waals surface area (Å²) in [4.78, 5) is 41.3. The van der Waals surface area contributed by atoms with Crippen LogP contribution in [-0.2, 0) is 27.7 Å². The summed E-state index contributed by atoms with van der Waals surface area (Å²) in [6.45, 7) is 2.21. The number of hydrogen-bond acceptors (Lipinski definition) is 9. The zero-order valence-electron chi connectivity index (χ0n) is 15.6. The third-order valence-corrected chi connectivity index (χ3v) is 7.22. The lowest BCUT2D eigenvalue weighted by Gasteiger charge is -2.23. The Hall–Kier alpha value is -2.35. The number of carbonyl (C=O) groups excluding carboxylic acids is 3. The summed E-state index contributed by atoms with van der Waals surface area (Å²) in [6, 6.07) is 1.48. The summed E-state index contributed by atoms with van der Waals surface area (Å²) in [5.74, 6) is -1.20. The maximum Gasteiger partial charge on any atom is 0.414 e. The molecule has 0 saturated carbocycles. The monoisotopic (exact) mass is 458 g/mol. The van der Waals surface area contributed by atoms with Gasteiger partial charge in [-0.3, -0.25) is 14.9 Å². The first kappa shape index (κ1) is 21.4. The van der Waals surface area contributed by atoms with Gasteiger partial charge in [0.05, 0.1) is 30.7 Å².